The molecule has 0 aromatic rings. The molecule has 36 heavy (non-hydrogen) atoms. The van der Waals surface area contributed by atoms with Gasteiger partial charge < -0.3 is 14.6 Å². The summed E-state index contributed by atoms with van der Waals surface area (Å²) in [5.41, 5.74) is 0.569. The quantitative estimate of drug-likeness (QED) is 0.327. The van der Waals surface area contributed by atoms with Crippen molar-refractivity contribution >= 4 is 12.3 Å². The van der Waals surface area contributed by atoms with Gasteiger partial charge in [-0.05, 0) is 103 Å². The Kier molecular flexibility index (Phi) is 5.83. The van der Waals surface area contributed by atoms with Crippen LogP contribution in [0.1, 0.15) is 106 Å². The molecule has 0 amide bonds. The van der Waals surface area contributed by atoms with Crippen LogP contribution < -0.4 is 0 Å². The topological polar surface area (TPSA) is 63.6 Å². The highest BCUT2D eigenvalue weighted by molar-refractivity contribution is 5.77. The molecule has 0 aromatic carbocycles. The molecule has 0 heterocycles. The van der Waals surface area contributed by atoms with Crippen LogP contribution in [0.2, 0.25) is 0 Å². The van der Waals surface area contributed by atoms with Crippen LogP contribution in [-0.4, -0.2) is 30.6 Å². The molecule has 5 aliphatic carbocycles. The molecule has 1 N–H and O–H groups in total. The van der Waals surface area contributed by atoms with E-state index in [1.165, 1.54) is 18.3 Å². The number of fused-ring (bicyclic) bond motifs is 7. The van der Waals surface area contributed by atoms with Gasteiger partial charge in [0, 0.05) is 12.5 Å². The second-order valence-corrected chi connectivity index (χ2v) is 15.4. The molecule has 0 bridgehead atoms. The van der Waals surface area contributed by atoms with E-state index in [1.807, 2.05) is 0 Å². The predicted molar refractivity (Wildman–Crippen MR) is 142 cm³/mol. The zero-order valence-electron chi connectivity index (χ0n) is 24.1. The summed E-state index contributed by atoms with van der Waals surface area (Å²) >= 11 is 0. The molecule has 0 spiro atoms. The number of carboxylic acid groups (broad SMARTS) is 1. The Bertz CT molecular complexity index is 983. The number of hydrogen-bond donors (Lipinski definition) is 1. The summed E-state index contributed by atoms with van der Waals surface area (Å²) in [7, 11) is 1.74. The molecular formula is C32H50O4. The van der Waals surface area contributed by atoms with E-state index in [1.54, 1.807) is 7.11 Å². The van der Waals surface area contributed by atoms with E-state index in [9.17, 15) is 14.7 Å². The fourth-order valence-electron chi connectivity index (χ4n) is 11.1. The van der Waals surface area contributed by atoms with Crippen LogP contribution in [-0.2, 0) is 14.3 Å². The van der Waals surface area contributed by atoms with Gasteiger partial charge in [0.15, 0.2) is 0 Å². The zero-order chi connectivity index (χ0) is 26.5. The van der Waals surface area contributed by atoms with Gasteiger partial charge in [0.25, 0.3) is 0 Å². The first-order chi connectivity index (χ1) is 16.7. The van der Waals surface area contributed by atoms with E-state index in [4.69, 9.17) is 4.74 Å². The van der Waals surface area contributed by atoms with Gasteiger partial charge in [-0.2, -0.15) is 0 Å². The third-order valence-electron chi connectivity index (χ3n) is 13.8. The number of rotatable bonds is 3. The van der Waals surface area contributed by atoms with E-state index in [0.717, 1.165) is 44.9 Å². The highest BCUT2D eigenvalue weighted by Crippen LogP contribution is 2.76. The molecule has 4 unspecified atom stereocenters. The number of methoxy groups -OCH3 is 1. The van der Waals surface area contributed by atoms with Gasteiger partial charge >= 0.3 is 5.97 Å². The monoisotopic (exact) mass is 498 g/mol. The van der Waals surface area contributed by atoms with Crippen molar-refractivity contribution in [3.8, 4) is 0 Å². The molecule has 0 radical (unpaired) electrons. The lowest BCUT2D eigenvalue weighted by Crippen LogP contribution is -2.67. The number of allylic oxidation sites excluding steroid dienone is 2. The number of ether oxygens (including phenoxy) is 1. The molecule has 10 atom stereocenters. The van der Waals surface area contributed by atoms with Crippen LogP contribution in [0.4, 0.5) is 0 Å². The van der Waals surface area contributed by atoms with E-state index >= 15 is 0 Å². The van der Waals surface area contributed by atoms with Gasteiger partial charge in [0.1, 0.15) is 11.7 Å². The summed E-state index contributed by atoms with van der Waals surface area (Å²) in [6, 6.07) is 0. The minimum atomic E-state index is -0.823. The van der Waals surface area contributed by atoms with Crippen LogP contribution >= 0.6 is 0 Å². The van der Waals surface area contributed by atoms with E-state index < -0.39 is 11.4 Å². The van der Waals surface area contributed by atoms with E-state index in [2.05, 4.69) is 54.5 Å². The molecule has 0 saturated heterocycles. The second-order valence-electron chi connectivity index (χ2n) is 15.4. The minimum Gasteiger partial charge on any atom is -0.481 e. The van der Waals surface area contributed by atoms with Crippen LogP contribution in [0.3, 0.4) is 0 Å². The van der Waals surface area contributed by atoms with Crippen LogP contribution in [0.25, 0.3) is 0 Å². The molecule has 4 nitrogen and oxygen atoms in total. The Morgan fingerprint density at radius 3 is 2.31 bits per heavy atom. The Hall–Kier alpha value is -1.16. The number of aliphatic carboxylic acids is 1. The Balaban J connectivity index is 1.65. The third kappa shape index (κ3) is 3.03. The van der Waals surface area contributed by atoms with Gasteiger partial charge in [-0.3, -0.25) is 4.79 Å². The number of aldehydes is 1. The van der Waals surface area contributed by atoms with Crippen molar-refractivity contribution in [3.63, 3.8) is 0 Å². The molecule has 202 valence electrons. The third-order valence-corrected chi connectivity index (χ3v) is 13.8. The Morgan fingerprint density at radius 1 is 1.00 bits per heavy atom. The van der Waals surface area contributed by atoms with Crippen LogP contribution in [0.15, 0.2) is 11.6 Å². The molecule has 5 rings (SSSR count). The lowest BCUT2D eigenvalue weighted by molar-refractivity contribution is -0.214. The van der Waals surface area contributed by atoms with Gasteiger partial charge in [0.2, 0.25) is 0 Å². The molecule has 5 aliphatic rings. The van der Waals surface area contributed by atoms with Crippen molar-refractivity contribution in [2.75, 3.05) is 7.11 Å². The summed E-state index contributed by atoms with van der Waals surface area (Å²) < 4.78 is 6.17. The fourth-order valence-corrected chi connectivity index (χ4v) is 11.1. The first kappa shape index (κ1) is 26.4. The maximum absolute atomic E-state index is 13.1. The predicted octanol–water partition coefficient (Wildman–Crippen LogP) is 7.31. The maximum atomic E-state index is 13.1. The van der Waals surface area contributed by atoms with Crippen molar-refractivity contribution in [2.45, 2.75) is 112 Å². The minimum absolute atomic E-state index is 0.0253. The Labute approximate surface area is 219 Å². The lowest BCUT2D eigenvalue weighted by atomic mass is 9.33. The molecule has 4 fully saturated rings. The van der Waals surface area contributed by atoms with Gasteiger partial charge in [-0.25, -0.2) is 0 Å². The van der Waals surface area contributed by atoms with Crippen molar-refractivity contribution in [2.24, 2.45) is 56.2 Å². The molecular weight excluding hydrogens is 448 g/mol. The number of carbonyl (C=O) groups is 2. The SMILES string of the molecule is CO[C@H]1C[C@]2(C)C(=CCC3C4(C)CC[C@H](C)[C@](C)(C=O)[C@@H]4CC[C@]32C)C2CC(C)(C)CCC21C(=O)O. The smallest absolute Gasteiger partial charge is 0.312 e. The summed E-state index contributed by atoms with van der Waals surface area (Å²) in [4.78, 5) is 25.6. The molecule has 4 saturated carbocycles. The Morgan fingerprint density at radius 2 is 1.69 bits per heavy atom. The molecule has 0 aliphatic heterocycles. The first-order valence-electron chi connectivity index (χ1n) is 14.6. The van der Waals surface area contributed by atoms with Gasteiger partial charge in [-0.1, -0.05) is 60.1 Å². The zero-order valence-corrected chi connectivity index (χ0v) is 24.1. The summed E-state index contributed by atoms with van der Waals surface area (Å²) in [5.74, 6) is 0.698. The second kappa shape index (κ2) is 7.93. The number of carboxylic acids is 1. The summed E-state index contributed by atoms with van der Waals surface area (Å²) in [6.45, 7) is 16.6. The number of carbonyl (C=O) groups excluding carboxylic acids is 1. The van der Waals surface area contributed by atoms with Gasteiger partial charge in [-0.15, -0.1) is 0 Å². The number of hydrogen-bond acceptors (Lipinski definition) is 3. The summed E-state index contributed by atoms with van der Waals surface area (Å²) in [6.07, 6.45) is 12.4. The van der Waals surface area contributed by atoms with Crippen LogP contribution in [0.5, 0.6) is 0 Å². The summed E-state index contributed by atoms with van der Waals surface area (Å²) in [5, 5.41) is 10.7. The van der Waals surface area contributed by atoms with E-state index in [0.29, 0.717) is 24.2 Å². The fraction of sp³-hybridized carbons (Fsp3) is 0.875. The molecule has 4 heteroatoms. The van der Waals surface area contributed by atoms with E-state index in [-0.39, 0.29) is 39.1 Å². The highest BCUT2D eigenvalue weighted by Gasteiger charge is 2.71. The average Bonchev–Trinajstić information content (AvgIpc) is 2.81. The maximum Gasteiger partial charge on any atom is 0.312 e. The molecule has 0 aromatic heterocycles. The normalized spacial score (nSPS) is 53.7. The standard InChI is InChI=1S/C32H50O4/c1-20-11-13-28(4)23(29(20,5)19-33)12-14-30(6)24(28)10-9-21-22-17-27(2,3)15-16-32(22,26(34)35)25(36-8)18-31(21,30)7/h9,19-20,22-25H,10-18H2,1-8H3,(H,34,35)/t20-,22?,23+,24?,25-,28?,29-,30+,31+,32?/m0/s1. The highest BCUT2D eigenvalue weighted by atomic mass is 16.5. The first-order valence-corrected chi connectivity index (χ1v) is 14.6. The average molecular weight is 499 g/mol. The van der Waals surface area contributed by atoms with Crippen molar-refractivity contribution < 1.29 is 19.4 Å². The van der Waals surface area contributed by atoms with Crippen molar-refractivity contribution in [3.05, 3.63) is 11.6 Å². The van der Waals surface area contributed by atoms with Gasteiger partial charge in [0.05, 0.1) is 6.10 Å². The van der Waals surface area contributed by atoms with Crippen molar-refractivity contribution in [1.82, 2.24) is 0 Å². The largest absolute Gasteiger partial charge is 0.481 e. The van der Waals surface area contributed by atoms with Crippen molar-refractivity contribution in [1.29, 1.82) is 0 Å². The lowest BCUT2D eigenvalue weighted by Gasteiger charge is -2.71. The van der Waals surface area contributed by atoms with Crippen LogP contribution in [0, 0.1) is 56.2 Å².